The number of pyridine rings is 1. The van der Waals surface area contributed by atoms with Crippen molar-refractivity contribution in [2.24, 2.45) is 0 Å². The molecule has 0 saturated carbocycles. The number of hydrogen-bond donors (Lipinski definition) is 1. The quantitative estimate of drug-likeness (QED) is 0.851. The maximum Gasteiger partial charge on any atom is 0.416 e. The first-order valence-corrected chi connectivity index (χ1v) is 8.81. The average molecular weight is 376 g/mol. The molecule has 1 aromatic carbocycles. The Morgan fingerprint density at radius 3 is 2.67 bits per heavy atom. The molecule has 1 atom stereocenters. The van der Waals surface area contributed by atoms with Gasteiger partial charge in [0.1, 0.15) is 5.82 Å². The highest BCUT2D eigenvalue weighted by molar-refractivity contribution is 5.50. The first-order chi connectivity index (χ1) is 12.7. The van der Waals surface area contributed by atoms with E-state index in [1.807, 2.05) is 30.9 Å². The lowest BCUT2D eigenvalue weighted by atomic mass is 10.1. The Kier molecular flexibility index (Phi) is 5.30. The minimum Gasteiger partial charge on any atom is -0.368 e. The van der Waals surface area contributed by atoms with Crippen LogP contribution in [0.2, 0.25) is 0 Å². The summed E-state index contributed by atoms with van der Waals surface area (Å²) in [5.41, 5.74) is 1.07. The zero-order valence-electron chi connectivity index (χ0n) is 15.4. The standard InChI is InChI=1S/C20H23F3N4/c1-14-7-8-24-19(11-14)25-16(3)27-10-9-26(13-15(27)2)18-6-4-5-17(12-18)20(21,22)23/h4-8,11-12,15H,3,9-10,13H2,1-2H3,(H,24,25)/t15-/m0/s1. The van der Waals surface area contributed by atoms with Gasteiger partial charge in [-0.25, -0.2) is 4.98 Å². The minimum atomic E-state index is -4.33. The van der Waals surface area contributed by atoms with Gasteiger partial charge < -0.3 is 15.1 Å². The molecule has 27 heavy (non-hydrogen) atoms. The number of rotatable bonds is 4. The van der Waals surface area contributed by atoms with Crippen LogP contribution < -0.4 is 10.2 Å². The number of alkyl halides is 3. The zero-order chi connectivity index (χ0) is 19.6. The van der Waals surface area contributed by atoms with Crippen molar-refractivity contribution in [3.8, 4) is 0 Å². The van der Waals surface area contributed by atoms with Gasteiger partial charge in [0, 0.05) is 37.6 Å². The molecule has 0 unspecified atom stereocenters. The molecule has 0 radical (unpaired) electrons. The summed E-state index contributed by atoms with van der Waals surface area (Å²) in [4.78, 5) is 8.38. The Labute approximate surface area is 157 Å². The average Bonchev–Trinajstić information content (AvgIpc) is 2.61. The Morgan fingerprint density at radius 1 is 1.22 bits per heavy atom. The predicted molar refractivity (Wildman–Crippen MR) is 102 cm³/mol. The predicted octanol–water partition coefficient (Wildman–Crippen LogP) is 4.50. The molecule has 0 aliphatic carbocycles. The van der Waals surface area contributed by atoms with Gasteiger partial charge in [0.2, 0.25) is 0 Å². The van der Waals surface area contributed by atoms with Crippen molar-refractivity contribution in [3.63, 3.8) is 0 Å². The van der Waals surface area contributed by atoms with E-state index in [0.717, 1.165) is 23.3 Å². The lowest BCUT2D eigenvalue weighted by Crippen LogP contribution is -2.52. The Bertz CT molecular complexity index is 819. The summed E-state index contributed by atoms with van der Waals surface area (Å²) < 4.78 is 38.9. The lowest BCUT2D eigenvalue weighted by Gasteiger charge is -2.43. The van der Waals surface area contributed by atoms with Crippen LogP contribution in [0.1, 0.15) is 18.1 Å². The van der Waals surface area contributed by atoms with Gasteiger partial charge in [-0.15, -0.1) is 0 Å². The van der Waals surface area contributed by atoms with E-state index < -0.39 is 11.7 Å². The molecule has 144 valence electrons. The van der Waals surface area contributed by atoms with Crippen molar-refractivity contribution >= 4 is 11.5 Å². The summed E-state index contributed by atoms with van der Waals surface area (Å²) in [6.45, 7) is 10.0. The zero-order valence-corrected chi connectivity index (χ0v) is 15.4. The molecule has 0 spiro atoms. The van der Waals surface area contributed by atoms with E-state index in [1.54, 1.807) is 12.3 Å². The van der Waals surface area contributed by atoms with Crippen LogP contribution in [0.3, 0.4) is 0 Å². The van der Waals surface area contributed by atoms with Gasteiger partial charge >= 0.3 is 6.18 Å². The summed E-state index contributed by atoms with van der Waals surface area (Å²) in [7, 11) is 0. The smallest absolute Gasteiger partial charge is 0.368 e. The summed E-state index contributed by atoms with van der Waals surface area (Å²) >= 11 is 0. The highest BCUT2D eigenvalue weighted by Crippen LogP contribution is 2.32. The van der Waals surface area contributed by atoms with Crippen LogP contribution >= 0.6 is 0 Å². The van der Waals surface area contributed by atoms with Crippen LogP contribution in [0.25, 0.3) is 0 Å². The highest BCUT2D eigenvalue weighted by atomic mass is 19.4. The largest absolute Gasteiger partial charge is 0.416 e. The van der Waals surface area contributed by atoms with Crippen LogP contribution in [0.5, 0.6) is 0 Å². The number of benzene rings is 1. The first kappa shape index (κ1) is 19.1. The fraction of sp³-hybridized carbons (Fsp3) is 0.350. The molecular weight excluding hydrogens is 353 g/mol. The van der Waals surface area contributed by atoms with E-state index >= 15 is 0 Å². The normalized spacial score (nSPS) is 17.7. The number of nitrogens with zero attached hydrogens (tertiary/aromatic N) is 3. The van der Waals surface area contributed by atoms with Gasteiger partial charge in [-0.05, 0) is 49.7 Å². The van der Waals surface area contributed by atoms with Gasteiger partial charge in [0.15, 0.2) is 0 Å². The molecule has 0 bridgehead atoms. The number of anilines is 2. The van der Waals surface area contributed by atoms with Gasteiger partial charge in [-0.2, -0.15) is 13.2 Å². The first-order valence-electron chi connectivity index (χ1n) is 8.81. The monoisotopic (exact) mass is 376 g/mol. The molecule has 1 fully saturated rings. The number of aryl methyl sites for hydroxylation is 1. The van der Waals surface area contributed by atoms with E-state index in [1.165, 1.54) is 12.1 Å². The van der Waals surface area contributed by atoms with Crippen molar-refractivity contribution in [1.29, 1.82) is 0 Å². The van der Waals surface area contributed by atoms with Crippen molar-refractivity contribution < 1.29 is 13.2 Å². The van der Waals surface area contributed by atoms with Crippen molar-refractivity contribution in [2.75, 3.05) is 29.9 Å². The van der Waals surface area contributed by atoms with Crippen molar-refractivity contribution in [3.05, 3.63) is 66.1 Å². The third-order valence-corrected chi connectivity index (χ3v) is 4.70. The Morgan fingerprint density at radius 2 is 2.00 bits per heavy atom. The molecule has 1 aliphatic heterocycles. The third kappa shape index (κ3) is 4.53. The summed E-state index contributed by atoms with van der Waals surface area (Å²) in [6.07, 6.45) is -2.59. The maximum atomic E-state index is 13.0. The molecule has 1 N–H and O–H groups in total. The van der Waals surface area contributed by atoms with Crippen LogP contribution in [-0.2, 0) is 6.18 Å². The third-order valence-electron chi connectivity index (χ3n) is 4.70. The molecule has 1 saturated heterocycles. The maximum absolute atomic E-state index is 13.0. The summed E-state index contributed by atoms with van der Waals surface area (Å²) in [5, 5.41) is 3.22. The number of halogens is 3. The lowest BCUT2D eigenvalue weighted by molar-refractivity contribution is -0.137. The van der Waals surface area contributed by atoms with Crippen LogP contribution in [0.4, 0.5) is 24.7 Å². The molecule has 2 aromatic rings. The second kappa shape index (κ2) is 7.50. The molecule has 1 aromatic heterocycles. The molecule has 2 heterocycles. The molecule has 4 nitrogen and oxygen atoms in total. The fourth-order valence-electron chi connectivity index (χ4n) is 3.30. The topological polar surface area (TPSA) is 31.4 Å². The van der Waals surface area contributed by atoms with Crippen molar-refractivity contribution in [1.82, 2.24) is 9.88 Å². The van der Waals surface area contributed by atoms with Gasteiger partial charge in [-0.3, -0.25) is 0 Å². The van der Waals surface area contributed by atoms with Gasteiger partial charge in [-0.1, -0.05) is 12.6 Å². The number of nitrogens with one attached hydrogen (secondary N) is 1. The Hall–Kier alpha value is -2.70. The van der Waals surface area contributed by atoms with E-state index in [0.29, 0.717) is 25.3 Å². The number of hydrogen-bond acceptors (Lipinski definition) is 4. The fourth-order valence-corrected chi connectivity index (χ4v) is 3.30. The van der Waals surface area contributed by atoms with Crippen LogP contribution in [0, 0.1) is 6.92 Å². The number of piperazine rings is 1. The van der Waals surface area contributed by atoms with Gasteiger partial charge in [0.05, 0.1) is 11.4 Å². The molecule has 3 rings (SSSR count). The van der Waals surface area contributed by atoms with E-state index in [4.69, 9.17) is 0 Å². The molecule has 7 heteroatoms. The summed E-state index contributed by atoms with van der Waals surface area (Å²) in [5.74, 6) is 1.47. The van der Waals surface area contributed by atoms with E-state index in [-0.39, 0.29) is 6.04 Å². The highest BCUT2D eigenvalue weighted by Gasteiger charge is 2.31. The van der Waals surface area contributed by atoms with Crippen LogP contribution in [0.15, 0.2) is 55.0 Å². The SMILES string of the molecule is C=C(Nc1cc(C)ccn1)N1CCN(c2cccc(C(F)(F)F)c2)C[C@@H]1C. The molecular formula is C20H23F3N4. The number of aromatic nitrogens is 1. The van der Waals surface area contributed by atoms with E-state index in [9.17, 15) is 13.2 Å². The second-order valence-corrected chi connectivity index (χ2v) is 6.83. The Balaban J connectivity index is 1.66. The molecule has 1 aliphatic rings. The summed E-state index contributed by atoms with van der Waals surface area (Å²) in [6, 6.07) is 9.45. The van der Waals surface area contributed by atoms with Gasteiger partial charge in [0.25, 0.3) is 0 Å². The molecule has 0 amide bonds. The van der Waals surface area contributed by atoms with Crippen molar-refractivity contribution in [2.45, 2.75) is 26.1 Å². The van der Waals surface area contributed by atoms with Crippen LogP contribution in [-0.4, -0.2) is 35.6 Å². The van der Waals surface area contributed by atoms with E-state index in [2.05, 4.69) is 21.8 Å². The minimum absolute atomic E-state index is 0.0955. The second-order valence-electron chi connectivity index (χ2n) is 6.83.